The fraction of sp³-hybridized carbons (Fsp3) is 0.419. The summed E-state index contributed by atoms with van der Waals surface area (Å²) in [6.45, 7) is 11.4. The molecule has 0 bridgehead atoms. The highest BCUT2D eigenvalue weighted by atomic mass is 16.3. The van der Waals surface area contributed by atoms with E-state index in [1.54, 1.807) is 12.2 Å². The standard InChI is InChI=1S/C31H38N4O4/c1-6-7-8-11-32-24-16-25(33-20(4)36)22(14-18(24)2)28-30(38)29(31(28)39)23-15-19(3)27(35-12-9-10-13-35)17-26(23)34-21(5)37/h14-17,38H,6-13H2,1-5H3,(H,33,36)(H,34,37)/b28-22-,32-24+. The topological polar surface area (TPSA) is 111 Å². The lowest BCUT2D eigenvalue weighted by Gasteiger charge is -2.29. The third kappa shape index (κ3) is 5.90. The van der Waals surface area contributed by atoms with Crippen LogP contribution < -0.4 is 15.5 Å². The van der Waals surface area contributed by atoms with E-state index in [0.717, 1.165) is 67.7 Å². The maximum Gasteiger partial charge on any atom is 0.221 e. The number of ketones is 1. The van der Waals surface area contributed by atoms with Gasteiger partial charge in [0.25, 0.3) is 0 Å². The average Bonchev–Trinajstić information content (AvgIpc) is 3.40. The summed E-state index contributed by atoms with van der Waals surface area (Å²) in [4.78, 5) is 44.6. The molecule has 1 heterocycles. The third-order valence-electron chi connectivity index (χ3n) is 7.25. The number of unbranched alkanes of at least 4 members (excludes halogenated alkanes) is 2. The zero-order valence-corrected chi connectivity index (χ0v) is 23.5. The van der Waals surface area contributed by atoms with Crippen molar-refractivity contribution in [3.05, 3.63) is 63.6 Å². The van der Waals surface area contributed by atoms with Crippen LogP contribution in [0.5, 0.6) is 0 Å². The molecule has 1 aliphatic heterocycles. The Labute approximate surface area is 230 Å². The van der Waals surface area contributed by atoms with E-state index < -0.39 is 0 Å². The summed E-state index contributed by atoms with van der Waals surface area (Å²) >= 11 is 0. The molecule has 3 N–H and O–H groups in total. The first kappa shape index (κ1) is 28.1. The zero-order valence-electron chi connectivity index (χ0n) is 23.5. The fourth-order valence-electron chi connectivity index (χ4n) is 5.33. The quantitative estimate of drug-likeness (QED) is 0.311. The lowest BCUT2D eigenvalue weighted by atomic mass is 9.77. The number of allylic oxidation sites excluding steroid dienone is 5. The van der Waals surface area contributed by atoms with E-state index >= 15 is 0 Å². The van der Waals surface area contributed by atoms with Crippen molar-refractivity contribution in [1.82, 2.24) is 5.32 Å². The Balaban J connectivity index is 1.78. The normalized spacial score (nSPS) is 20.2. The summed E-state index contributed by atoms with van der Waals surface area (Å²) in [6.07, 6.45) is 8.94. The molecule has 2 amide bonds. The Kier molecular flexibility index (Phi) is 8.53. The second kappa shape index (κ2) is 11.8. The molecule has 0 saturated carbocycles. The van der Waals surface area contributed by atoms with Gasteiger partial charge < -0.3 is 20.6 Å². The van der Waals surface area contributed by atoms with Crippen molar-refractivity contribution in [1.29, 1.82) is 0 Å². The second-order valence-corrected chi connectivity index (χ2v) is 10.4. The number of aliphatic hydroxyl groups is 1. The molecular weight excluding hydrogens is 492 g/mol. The van der Waals surface area contributed by atoms with Gasteiger partial charge in [-0.3, -0.25) is 19.4 Å². The van der Waals surface area contributed by atoms with E-state index in [4.69, 9.17) is 0 Å². The smallest absolute Gasteiger partial charge is 0.221 e. The Hall–Kier alpha value is -3.94. The van der Waals surface area contributed by atoms with Gasteiger partial charge in [-0.05, 0) is 68.5 Å². The monoisotopic (exact) mass is 530 g/mol. The largest absolute Gasteiger partial charge is 0.506 e. The number of hydrogen-bond acceptors (Lipinski definition) is 6. The molecule has 0 radical (unpaired) electrons. The first-order valence-corrected chi connectivity index (χ1v) is 13.7. The van der Waals surface area contributed by atoms with Crippen LogP contribution in [-0.2, 0) is 14.4 Å². The van der Waals surface area contributed by atoms with Crippen LogP contribution in [0.15, 0.2) is 57.5 Å². The van der Waals surface area contributed by atoms with Crippen LogP contribution >= 0.6 is 0 Å². The molecule has 8 heteroatoms. The van der Waals surface area contributed by atoms with Crippen LogP contribution in [0, 0.1) is 6.92 Å². The van der Waals surface area contributed by atoms with Crippen LogP contribution in [0.2, 0.25) is 0 Å². The molecule has 1 saturated heterocycles. The summed E-state index contributed by atoms with van der Waals surface area (Å²) in [5, 5.41) is 16.9. The van der Waals surface area contributed by atoms with E-state index in [2.05, 4.69) is 27.4 Å². The number of carbonyl (C=O) groups excluding carboxylic acids is 3. The maximum atomic E-state index is 13.6. The van der Waals surface area contributed by atoms with Gasteiger partial charge in [-0.25, -0.2) is 0 Å². The first-order chi connectivity index (χ1) is 18.6. The van der Waals surface area contributed by atoms with E-state index in [1.165, 1.54) is 13.8 Å². The van der Waals surface area contributed by atoms with E-state index in [0.29, 0.717) is 29.1 Å². The number of nitrogens with one attached hydrogen (secondary N) is 2. The van der Waals surface area contributed by atoms with Gasteiger partial charge in [0.2, 0.25) is 17.6 Å². The molecule has 39 heavy (non-hydrogen) atoms. The van der Waals surface area contributed by atoms with Crippen LogP contribution in [0.4, 0.5) is 11.4 Å². The molecule has 1 fully saturated rings. The number of Topliss-reactive ketones (excluding diaryl/α,β-unsaturated/α-hetero) is 1. The van der Waals surface area contributed by atoms with Crippen molar-refractivity contribution >= 4 is 40.3 Å². The number of anilines is 2. The number of benzene rings is 1. The molecule has 8 nitrogen and oxygen atoms in total. The number of carbonyl (C=O) groups is 3. The summed E-state index contributed by atoms with van der Waals surface area (Å²) in [7, 11) is 0. The van der Waals surface area contributed by atoms with Gasteiger partial charge in [0, 0.05) is 50.3 Å². The molecule has 4 rings (SSSR count). The van der Waals surface area contributed by atoms with E-state index in [-0.39, 0.29) is 34.5 Å². The van der Waals surface area contributed by atoms with Crippen molar-refractivity contribution in [2.24, 2.45) is 4.99 Å². The minimum Gasteiger partial charge on any atom is -0.506 e. The molecule has 2 aliphatic carbocycles. The average molecular weight is 531 g/mol. The molecular formula is C31H38N4O4. The van der Waals surface area contributed by atoms with Gasteiger partial charge >= 0.3 is 0 Å². The highest BCUT2D eigenvalue weighted by Gasteiger charge is 2.40. The molecule has 1 aromatic rings. The molecule has 0 atom stereocenters. The number of nitrogens with zero attached hydrogens (tertiary/aromatic N) is 2. The molecule has 1 aromatic carbocycles. The maximum absolute atomic E-state index is 13.6. The lowest BCUT2D eigenvalue weighted by molar-refractivity contribution is -0.118. The number of aliphatic imine (C=N–C) groups is 1. The Morgan fingerprint density at radius 2 is 1.69 bits per heavy atom. The van der Waals surface area contributed by atoms with Gasteiger partial charge in [0.05, 0.1) is 28.2 Å². The number of aliphatic hydroxyl groups excluding tert-OH is 1. The van der Waals surface area contributed by atoms with E-state index in [9.17, 15) is 19.5 Å². The van der Waals surface area contributed by atoms with Gasteiger partial charge in [-0.15, -0.1) is 0 Å². The Bertz CT molecular complexity index is 1370. The Morgan fingerprint density at radius 1 is 1.00 bits per heavy atom. The molecule has 0 spiro atoms. The number of hydrogen-bond donors (Lipinski definition) is 3. The predicted octanol–water partition coefficient (Wildman–Crippen LogP) is 5.31. The van der Waals surface area contributed by atoms with Gasteiger partial charge in [0.15, 0.2) is 0 Å². The van der Waals surface area contributed by atoms with Gasteiger partial charge in [0.1, 0.15) is 5.76 Å². The SMILES string of the molecule is CCCCC/N=C1C=C(NC(C)=O)/C(=C2\C(=O)C(c3cc(C)c(N4CCCC4)cc3NC(C)=O)=C2O)C=C\1C. The molecule has 0 unspecified atom stereocenters. The molecule has 0 aromatic heterocycles. The highest BCUT2D eigenvalue weighted by Crippen LogP contribution is 2.44. The van der Waals surface area contributed by atoms with Crippen molar-refractivity contribution in [2.75, 3.05) is 29.9 Å². The highest BCUT2D eigenvalue weighted by molar-refractivity contribution is 6.40. The minimum absolute atomic E-state index is 0.143. The van der Waals surface area contributed by atoms with Crippen LogP contribution in [0.3, 0.4) is 0 Å². The van der Waals surface area contributed by atoms with Crippen molar-refractivity contribution in [3.8, 4) is 0 Å². The lowest BCUT2D eigenvalue weighted by Crippen LogP contribution is -2.29. The van der Waals surface area contributed by atoms with Crippen LogP contribution in [0.25, 0.3) is 5.57 Å². The Morgan fingerprint density at radius 3 is 2.31 bits per heavy atom. The van der Waals surface area contributed by atoms with Crippen molar-refractivity contribution in [2.45, 2.75) is 66.7 Å². The summed E-state index contributed by atoms with van der Waals surface area (Å²) in [5.74, 6) is -1.04. The summed E-state index contributed by atoms with van der Waals surface area (Å²) in [6, 6.07) is 3.75. The fourth-order valence-corrected chi connectivity index (χ4v) is 5.33. The summed E-state index contributed by atoms with van der Waals surface area (Å²) < 4.78 is 0. The summed E-state index contributed by atoms with van der Waals surface area (Å²) in [5.41, 5.74) is 5.73. The predicted molar refractivity (Wildman–Crippen MR) is 156 cm³/mol. The van der Waals surface area contributed by atoms with Gasteiger partial charge in [-0.1, -0.05) is 19.8 Å². The van der Waals surface area contributed by atoms with E-state index in [1.807, 2.05) is 26.0 Å². The van der Waals surface area contributed by atoms with Gasteiger partial charge in [-0.2, -0.15) is 0 Å². The number of amides is 2. The van der Waals surface area contributed by atoms with Crippen molar-refractivity contribution < 1.29 is 19.5 Å². The number of rotatable bonds is 8. The van der Waals surface area contributed by atoms with Crippen LogP contribution in [-0.4, -0.2) is 48.1 Å². The first-order valence-electron chi connectivity index (χ1n) is 13.7. The molecule has 206 valence electrons. The number of aryl methyl sites for hydroxylation is 1. The third-order valence-corrected chi connectivity index (χ3v) is 7.25. The minimum atomic E-state index is -0.342. The van der Waals surface area contributed by atoms with Crippen LogP contribution in [0.1, 0.15) is 70.9 Å². The molecule has 3 aliphatic rings. The second-order valence-electron chi connectivity index (χ2n) is 10.4. The van der Waals surface area contributed by atoms with Crippen molar-refractivity contribution in [3.63, 3.8) is 0 Å². The zero-order chi connectivity index (χ0) is 28.3.